The van der Waals surface area contributed by atoms with Crippen LogP contribution in [-0.2, 0) is 4.79 Å². The van der Waals surface area contributed by atoms with Crippen LogP contribution in [0.4, 0.5) is 17.2 Å². The molecule has 3 heterocycles. The van der Waals surface area contributed by atoms with Gasteiger partial charge in [0.2, 0.25) is 5.91 Å². The number of nitrogens with one attached hydrogen (secondary N) is 2. The van der Waals surface area contributed by atoms with Gasteiger partial charge in [0.25, 0.3) is 0 Å². The summed E-state index contributed by atoms with van der Waals surface area (Å²) in [4.78, 5) is 18.3. The molecular weight excluding hydrogens is 402 g/mol. The fourth-order valence-electron chi connectivity index (χ4n) is 4.10. The van der Waals surface area contributed by atoms with Crippen LogP contribution < -0.4 is 21.3 Å². The maximum absolute atomic E-state index is 11.2. The second-order valence-electron chi connectivity index (χ2n) is 7.90. The summed E-state index contributed by atoms with van der Waals surface area (Å²) in [6.45, 7) is 5.46. The van der Waals surface area contributed by atoms with Crippen molar-refractivity contribution in [1.29, 1.82) is 0 Å². The molecule has 1 aliphatic heterocycles. The average Bonchev–Trinajstić information content (AvgIpc) is 3.25. The van der Waals surface area contributed by atoms with E-state index >= 15 is 0 Å². The molecule has 8 nitrogen and oxygen atoms in total. The summed E-state index contributed by atoms with van der Waals surface area (Å²) in [5.74, 6) is 0.414. The predicted molar refractivity (Wildman–Crippen MR) is 128 cm³/mol. The Hall–Kier alpha value is -3.91. The van der Waals surface area contributed by atoms with E-state index in [0.717, 1.165) is 59.8 Å². The van der Waals surface area contributed by atoms with E-state index in [0.29, 0.717) is 5.82 Å². The van der Waals surface area contributed by atoms with Gasteiger partial charge in [-0.1, -0.05) is 24.3 Å². The first-order chi connectivity index (χ1) is 15.6. The van der Waals surface area contributed by atoms with E-state index in [4.69, 9.17) is 10.7 Å². The van der Waals surface area contributed by atoms with Gasteiger partial charge in [0.05, 0.1) is 6.20 Å². The molecule has 0 unspecified atom stereocenters. The first kappa shape index (κ1) is 20.0. The minimum absolute atomic E-state index is 0.106. The fourth-order valence-corrected chi connectivity index (χ4v) is 4.10. The van der Waals surface area contributed by atoms with Gasteiger partial charge in [-0.15, -0.1) is 0 Å². The van der Waals surface area contributed by atoms with Crippen molar-refractivity contribution in [2.75, 3.05) is 42.1 Å². The van der Waals surface area contributed by atoms with Crippen molar-refractivity contribution in [3.63, 3.8) is 0 Å². The van der Waals surface area contributed by atoms with Gasteiger partial charge < -0.3 is 21.3 Å². The molecule has 0 atom stereocenters. The summed E-state index contributed by atoms with van der Waals surface area (Å²) < 4.78 is 1.68. The molecule has 1 amide bonds. The molecule has 0 spiro atoms. The lowest BCUT2D eigenvalue weighted by molar-refractivity contribution is -0.114. The molecular formula is C24H25N7O. The highest BCUT2D eigenvalue weighted by Gasteiger charge is 2.16. The van der Waals surface area contributed by atoms with Crippen LogP contribution >= 0.6 is 0 Å². The Labute approximate surface area is 186 Å². The van der Waals surface area contributed by atoms with Crippen molar-refractivity contribution in [1.82, 2.24) is 19.9 Å². The summed E-state index contributed by atoms with van der Waals surface area (Å²) in [6, 6.07) is 16.0. The smallest absolute Gasteiger partial charge is 0.221 e. The zero-order valence-corrected chi connectivity index (χ0v) is 17.9. The van der Waals surface area contributed by atoms with Crippen molar-refractivity contribution in [2.45, 2.75) is 6.92 Å². The molecule has 4 aromatic rings. The van der Waals surface area contributed by atoms with Crippen molar-refractivity contribution in [3.8, 4) is 22.3 Å². The third kappa shape index (κ3) is 3.76. The van der Waals surface area contributed by atoms with Gasteiger partial charge in [-0.3, -0.25) is 4.79 Å². The SMILES string of the molecule is CC(=O)Nc1ccc(-c2cnc3c(-c4cccc(N5CCNCC5)c4)cnn3c2N)cc1. The van der Waals surface area contributed by atoms with Crippen molar-refractivity contribution in [2.24, 2.45) is 0 Å². The molecule has 5 rings (SSSR count). The Bertz CT molecular complexity index is 1270. The molecule has 32 heavy (non-hydrogen) atoms. The van der Waals surface area contributed by atoms with Crippen molar-refractivity contribution >= 4 is 28.7 Å². The number of hydrogen-bond donors (Lipinski definition) is 3. The summed E-state index contributed by atoms with van der Waals surface area (Å²) >= 11 is 0. The molecule has 1 fully saturated rings. The quantitative estimate of drug-likeness (QED) is 0.463. The molecule has 1 aliphatic rings. The minimum atomic E-state index is -0.106. The molecule has 2 aromatic heterocycles. The standard InChI is InChI=1S/C24H25N7O/c1-16(32)29-19-7-5-17(6-8-19)21-14-27-24-22(15-28-31(24)23(21)25)18-3-2-4-20(13-18)30-11-9-26-10-12-30/h2-8,13-15,26H,9-12,25H2,1H3,(H,29,32). The van der Waals surface area contributed by atoms with Crippen LogP contribution in [0.1, 0.15) is 6.92 Å². The monoisotopic (exact) mass is 427 g/mol. The van der Waals surface area contributed by atoms with Gasteiger partial charge in [0, 0.05) is 61.8 Å². The zero-order valence-electron chi connectivity index (χ0n) is 17.9. The van der Waals surface area contributed by atoms with Crippen LogP contribution in [0.15, 0.2) is 60.9 Å². The first-order valence-corrected chi connectivity index (χ1v) is 10.7. The Morgan fingerprint density at radius 1 is 1.03 bits per heavy atom. The Morgan fingerprint density at radius 2 is 1.81 bits per heavy atom. The van der Waals surface area contributed by atoms with Gasteiger partial charge in [0.1, 0.15) is 5.82 Å². The third-order valence-electron chi connectivity index (χ3n) is 5.72. The second kappa shape index (κ2) is 8.32. The lowest BCUT2D eigenvalue weighted by Crippen LogP contribution is -2.43. The third-order valence-corrected chi connectivity index (χ3v) is 5.72. The number of anilines is 3. The highest BCUT2D eigenvalue weighted by atomic mass is 16.1. The molecule has 2 aromatic carbocycles. The molecule has 0 radical (unpaired) electrons. The Kier molecular flexibility index (Phi) is 5.20. The highest BCUT2D eigenvalue weighted by molar-refractivity contribution is 5.89. The molecule has 162 valence electrons. The molecule has 4 N–H and O–H groups in total. The number of hydrogen-bond acceptors (Lipinski definition) is 6. The normalized spacial score (nSPS) is 14.0. The zero-order chi connectivity index (χ0) is 22.1. The number of aromatic nitrogens is 3. The predicted octanol–water partition coefficient (Wildman–Crippen LogP) is 3.01. The molecule has 0 aliphatic carbocycles. The van der Waals surface area contributed by atoms with Gasteiger partial charge in [0.15, 0.2) is 5.65 Å². The van der Waals surface area contributed by atoms with E-state index in [2.05, 4.69) is 44.9 Å². The maximum Gasteiger partial charge on any atom is 0.221 e. The van der Waals surface area contributed by atoms with Gasteiger partial charge >= 0.3 is 0 Å². The summed E-state index contributed by atoms with van der Waals surface area (Å²) in [5.41, 5.74) is 12.8. The van der Waals surface area contributed by atoms with Crippen LogP contribution in [0, 0.1) is 0 Å². The molecule has 1 saturated heterocycles. The van der Waals surface area contributed by atoms with Crippen molar-refractivity contribution < 1.29 is 4.79 Å². The number of rotatable bonds is 4. The van der Waals surface area contributed by atoms with E-state index in [9.17, 15) is 4.79 Å². The number of fused-ring (bicyclic) bond motifs is 1. The topological polar surface area (TPSA) is 101 Å². The summed E-state index contributed by atoms with van der Waals surface area (Å²) in [5, 5.41) is 10.7. The number of nitrogens with two attached hydrogens (primary N) is 1. The number of carbonyl (C=O) groups is 1. The van der Waals surface area contributed by atoms with Crippen molar-refractivity contribution in [3.05, 3.63) is 60.9 Å². The van der Waals surface area contributed by atoms with Crippen LogP contribution in [-0.4, -0.2) is 46.7 Å². The summed E-state index contributed by atoms with van der Waals surface area (Å²) in [7, 11) is 0. The van der Waals surface area contributed by atoms with Gasteiger partial charge in [-0.05, 0) is 35.4 Å². The maximum atomic E-state index is 11.2. The number of piperazine rings is 1. The van der Waals surface area contributed by atoms with Crippen LogP contribution in [0.5, 0.6) is 0 Å². The van der Waals surface area contributed by atoms with Gasteiger partial charge in [-0.2, -0.15) is 9.61 Å². The van der Waals surface area contributed by atoms with Gasteiger partial charge in [-0.25, -0.2) is 4.98 Å². The number of amides is 1. The lowest BCUT2D eigenvalue weighted by Gasteiger charge is -2.29. The highest BCUT2D eigenvalue weighted by Crippen LogP contribution is 2.32. The Morgan fingerprint density at radius 3 is 2.56 bits per heavy atom. The first-order valence-electron chi connectivity index (χ1n) is 10.7. The Balaban J connectivity index is 1.49. The molecule has 8 heteroatoms. The fraction of sp³-hybridized carbons (Fsp3) is 0.208. The molecule has 0 saturated carbocycles. The minimum Gasteiger partial charge on any atom is -0.383 e. The average molecular weight is 428 g/mol. The van der Waals surface area contributed by atoms with Crippen LogP contribution in [0.3, 0.4) is 0 Å². The number of nitrogens with zero attached hydrogens (tertiary/aromatic N) is 4. The van der Waals surface area contributed by atoms with E-state index in [-0.39, 0.29) is 5.91 Å². The van der Waals surface area contributed by atoms with E-state index < -0.39 is 0 Å². The van der Waals surface area contributed by atoms with E-state index in [1.807, 2.05) is 30.5 Å². The molecule has 0 bridgehead atoms. The van der Waals surface area contributed by atoms with Crippen LogP contribution in [0.25, 0.3) is 27.9 Å². The second-order valence-corrected chi connectivity index (χ2v) is 7.90. The largest absolute Gasteiger partial charge is 0.383 e. The number of nitrogen functional groups attached to an aromatic ring is 1. The van der Waals surface area contributed by atoms with E-state index in [1.165, 1.54) is 12.6 Å². The lowest BCUT2D eigenvalue weighted by atomic mass is 10.1. The number of benzene rings is 2. The summed E-state index contributed by atoms with van der Waals surface area (Å²) in [6.07, 6.45) is 3.60. The van der Waals surface area contributed by atoms with Crippen LogP contribution in [0.2, 0.25) is 0 Å². The number of carbonyl (C=O) groups excluding carboxylic acids is 1. The van der Waals surface area contributed by atoms with E-state index in [1.54, 1.807) is 10.7 Å².